The van der Waals surface area contributed by atoms with Crippen molar-refractivity contribution in [1.82, 2.24) is 9.88 Å². The lowest BCUT2D eigenvalue weighted by Gasteiger charge is -2.39. The molecule has 5 heteroatoms. The largest absolute Gasteiger partial charge is 0.337 e. The van der Waals surface area contributed by atoms with Gasteiger partial charge in [-0.15, -0.1) is 0 Å². The van der Waals surface area contributed by atoms with E-state index in [2.05, 4.69) is 10.3 Å². The molecule has 2 amide bonds. The van der Waals surface area contributed by atoms with Crippen LogP contribution in [-0.4, -0.2) is 34.8 Å². The average molecular weight is 321 g/mol. The topological polar surface area (TPSA) is 62.3 Å². The van der Waals surface area contributed by atoms with Crippen LogP contribution < -0.4 is 5.32 Å². The molecule has 0 radical (unpaired) electrons. The van der Waals surface area contributed by atoms with Gasteiger partial charge in [0.2, 0.25) is 5.91 Å². The quantitative estimate of drug-likeness (QED) is 0.878. The summed E-state index contributed by atoms with van der Waals surface area (Å²) >= 11 is 0. The molecule has 1 atom stereocenters. The van der Waals surface area contributed by atoms with E-state index < -0.39 is 5.41 Å². The Labute approximate surface area is 140 Å². The van der Waals surface area contributed by atoms with E-state index >= 15 is 0 Å². The fourth-order valence-electron chi connectivity index (χ4n) is 3.87. The maximum absolute atomic E-state index is 12.9. The molecule has 0 saturated carbocycles. The maximum Gasteiger partial charge on any atom is 0.255 e. The Morgan fingerprint density at radius 1 is 1.29 bits per heavy atom. The molecule has 0 unspecified atom stereocenters. The van der Waals surface area contributed by atoms with Crippen LogP contribution in [0.5, 0.6) is 0 Å². The number of nitrogens with zero attached hydrogens (tertiary/aromatic N) is 2. The van der Waals surface area contributed by atoms with Gasteiger partial charge in [0.15, 0.2) is 0 Å². The van der Waals surface area contributed by atoms with Gasteiger partial charge >= 0.3 is 0 Å². The molecule has 0 aliphatic carbocycles. The third kappa shape index (κ3) is 2.12. The number of carbonyl (C=O) groups excluding carboxylic acids is 2. The van der Waals surface area contributed by atoms with Gasteiger partial charge in [-0.05, 0) is 43.0 Å². The van der Waals surface area contributed by atoms with E-state index in [1.54, 1.807) is 17.3 Å². The standard InChI is InChI=1S/C19H19N3O2/c1-13-7-9-20-11-14(13)17(23)22-10-4-8-19(12-22)15-5-2-3-6-16(15)21-18(19)24/h2-3,5-7,9,11H,4,8,10,12H2,1H3,(H,21,24)/t19-/m0/s1. The highest BCUT2D eigenvalue weighted by atomic mass is 16.2. The Balaban J connectivity index is 1.69. The van der Waals surface area contributed by atoms with Crippen LogP contribution in [0.15, 0.2) is 42.7 Å². The molecule has 1 aromatic heterocycles. The van der Waals surface area contributed by atoms with Crippen molar-refractivity contribution in [3.63, 3.8) is 0 Å². The van der Waals surface area contributed by atoms with Gasteiger partial charge in [0.25, 0.3) is 5.91 Å². The van der Waals surface area contributed by atoms with Crippen LogP contribution in [-0.2, 0) is 10.2 Å². The van der Waals surface area contributed by atoms with E-state index in [-0.39, 0.29) is 11.8 Å². The predicted molar refractivity (Wildman–Crippen MR) is 90.9 cm³/mol. The van der Waals surface area contributed by atoms with Crippen molar-refractivity contribution in [2.24, 2.45) is 0 Å². The number of aryl methyl sites for hydroxylation is 1. The Hall–Kier alpha value is -2.69. The van der Waals surface area contributed by atoms with E-state index in [9.17, 15) is 9.59 Å². The second-order valence-corrected chi connectivity index (χ2v) is 6.60. The number of para-hydroxylation sites is 1. The third-order valence-electron chi connectivity index (χ3n) is 5.17. The number of amides is 2. The van der Waals surface area contributed by atoms with Crippen LogP contribution in [0.1, 0.15) is 34.3 Å². The van der Waals surface area contributed by atoms with Gasteiger partial charge in [-0.3, -0.25) is 14.6 Å². The number of piperidine rings is 1. The molecule has 122 valence electrons. The molecule has 24 heavy (non-hydrogen) atoms. The first kappa shape index (κ1) is 14.9. The molecule has 1 aromatic carbocycles. The summed E-state index contributed by atoms with van der Waals surface area (Å²) in [5, 5.41) is 2.98. The van der Waals surface area contributed by atoms with E-state index in [4.69, 9.17) is 0 Å². The van der Waals surface area contributed by atoms with Crippen molar-refractivity contribution in [2.45, 2.75) is 25.2 Å². The molecule has 1 spiro atoms. The zero-order chi connectivity index (χ0) is 16.7. The monoisotopic (exact) mass is 321 g/mol. The summed E-state index contributed by atoms with van der Waals surface area (Å²) < 4.78 is 0. The maximum atomic E-state index is 12.9. The summed E-state index contributed by atoms with van der Waals surface area (Å²) in [5.41, 5.74) is 2.78. The second-order valence-electron chi connectivity index (χ2n) is 6.60. The highest BCUT2D eigenvalue weighted by molar-refractivity contribution is 6.07. The van der Waals surface area contributed by atoms with Gasteiger partial charge in [0.05, 0.1) is 11.0 Å². The van der Waals surface area contributed by atoms with Crippen LogP contribution in [0.3, 0.4) is 0 Å². The fourth-order valence-corrected chi connectivity index (χ4v) is 3.87. The van der Waals surface area contributed by atoms with Crippen molar-refractivity contribution in [3.8, 4) is 0 Å². The van der Waals surface area contributed by atoms with Crippen molar-refractivity contribution >= 4 is 17.5 Å². The summed E-state index contributed by atoms with van der Waals surface area (Å²) in [4.78, 5) is 31.5. The fraction of sp³-hybridized carbons (Fsp3) is 0.316. The molecule has 2 aliphatic heterocycles. The van der Waals surface area contributed by atoms with Crippen LogP contribution in [0.25, 0.3) is 0 Å². The molecule has 3 heterocycles. The first-order chi connectivity index (χ1) is 11.6. The first-order valence-corrected chi connectivity index (χ1v) is 8.23. The van der Waals surface area contributed by atoms with Gasteiger partial charge in [-0.25, -0.2) is 0 Å². The molecular weight excluding hydrogens is 302 g/mol. The molecule has 5 nitrogen and oxygen atoms in total. The SMILES string of the molecule is Cc1ccncc1C(=O)N1CCC[C@@]2(C1)C(=O)Nc1ccccc12. The summed E-state index contributed by atoms with van der Waals surface area (Å²) in [6, 6.07) is 9.63. The van der Waals surface area contributed by atoms with Crippen molar-refractivity contribution in [1.29, 1.82) is 0 Å². The smallest absolute Gasteiger partial charge is 0.255 e. The lowest BCUT2D eigenvalue weighted by atomic mass is 9.75. The van der Waals surface area contributed by atoms with E-state index in [0.717, 1.165) is 29.7 Å². The lowest BCUT2D eigenvalue weighted by Crippen LogP contribution is -2.52. The molecule has 2 aliphatic rings. The minimum absolute atomic E-state index is 0.00380. The number of pyridine rings is 1. The number of benzene rings is 1. The average Bonchev–Trinajstić information content (AvgIpc) is 2.87. The highest BCUT2D eigenvalue weighted by Crippen LogP contribution is 2.43. The number of anilines is 1. The second kappa shape index (κ2) is 5.44. The van der Waals surface area contributed by atoms with Crippen LogP contribution in [0.4, 0.5) is 5.69 Å². The van der Waals surface area contributed by atoms with Crippen LogP contribution >= 0.6 is 0 Å². The summed E-state index contributed by atoms with van der Waals surface area (Å²) in [7, 11) is 0. The third-order valence-corrected chi connectivity index (χ3v) is 5.17. The molecule has 1 fully saturated rings. The van der Waals surface area contributed by atoms with Crippen molar-refractivity contribution in [3.05, 3.63) is 59.4 Å². The number of hydrogen-bond acceptors (Lipinski definition) is 3. The zero-order valence-electron chi connectivity index (χ0n) is 13.6. The number of hydrogen-bond donors (Lipinski definition) is 1. The zero-order valence-corrected chi connectivity index (χ0v) is 13.6. The summed E-state index contributed by atoms with van der Waals surface area (Å²) in [6.45, 7) is 3.00. The summed E-state index contributed by atoms with van der Waals surface area (Å²) in [5.74, 6) is -0.0408. The molecular formula is C19H19N3O2. The molecule has 4 rings (SSSR count). The Morgan fingerprint density at radius 2 is 2.12 bits per heavy atom. The van der Waals surface area contributed by atoms with Crippen LogP contribution in [0, 0.1) is 6.92 Å². The van der Waals surface area contributed by atoms with E-state index in [0.29, 0.717) is 18.7 Å². The number of likely N-dealkylation sites (tertiary alicyclic amines) is 1. The molecule has 1 N–H and O–H groups in total. The highest BCUT2D eigenvalue weighted by Gasteiger charge is 2.49. The number of nitrogens with one attached hydrogen (secondary N) is 1. The number of carbonyl (C=O) groups is 2. The normalized spacial score (nSPS) is 22.4. The number of rotatable bonds is 1. The van der Waals surface area contributed by atoms with E-state index in [1.807, 2.05) is 37.3 Å². The Kier molecular flexibility index (Phi) is 3.37. The van der Waals surface area contributed by atoms with Crippen molar-refractivity contribution < 1.29 is 9.59 Å². The predicted octanol–water partition coefficient (Wildman–Crippen LogP) is 2.52. The molecule has 1 saturated heterocycles. The van der Waals surface area contributed by atoms with Gasteiger partial charge in [0, 0.05) is 31.2 Å². The van der Waals surface area contributed by atoms with E-state index in [1.165, 1.54) is 0 Å². The summed E-state index contributed by atoms with van der Waals surface area (Å²) in [6.07, 6.45) is 4.88. The molecule has 0 bridgehead atoms. The minimum atomic E-state index is -0.624. The van der Waals surface area contributed by atoms with Crippen molar-refractivity contribution in [2.75, 3.05) is 18.4 Å². The molecule has 2 aromatic rings. The van der Waals surface area contributed by atoms with Gasteiger partial charge < -0.3 is 10.2 Å². The first-order valence-electron chi connectivity index (χ1n) is 8.23. The number of fused-ring (bicyclic) bond motifs is 2. The van der Waals surface area contributed by atoms with Gasteiger partial charge in [0.1, 0.15) is 0 Å². The Bertz CT molecular complexity index is 833. The lowest BCUT2D eigenvalue weighted by molar-refractivity contribution is -0.122. The van der Waals surface area contributed by atoms with Gasteiger partial charge in [-0.1, -0.05) is 18.2 Å². The minimum Gasteiger partial charge on any atom is -0.337 e. The Morgan fingerprint density at radius 3 is 2.96 bits per heavy atom. The van der Waals surface area contributed by atoms with Crippen LogP contribution in [0.2, 0.25) is 0 Å². The number of aromatic nitrogens is 1. The van der Waals surface area contributed by atoms with Gasteiger partial charge in [-0.2, -0.15) is 0 Å².